The van der Waals surface area contributed by atoms with Crippen LogP contribution in [0.3, 0.4) is 0 Å². The molecule has 1 aromatic carbocycles. The van der Waals surface area contributed by atoms with E-state index in [9.17, 15) is 4.79 Å². The molecule has 0 atom stereocenters. The third-order valence-electron chi connectivity index (χ3n) is 2.73. The van der Waals surface area contributed by atoms with Crippen molar-refractivity contribution in [2.45, 2.75) is 19.8 Å². The molecule has 114 valence electrons. The van der Waals surface area contributed by atoms with E-state index in [1.807, 2.05) is 6.92 Å². The van der Waals surface area contributed by atoms with Crippen LogP contribution in [0.1, 0.15) is 19.8 Å². The first-order chi connectivity index (χ1) is 10.6. The highest BCUT2D eigenvalue weighted by molar-refractivity contribution is 5.74. The van der Waals surface area contributed by atoms with Gasteiger partial charge in [-0.2, -0.15) is 0 Å². The lowest BCUT2D eigenvalue weighted by Crippen LogP contribution is -2.06. The second-order valence-corrected chi connectivity index (χ2v) is 4.53. The second-order valence-electron chi connectivity index (χ2n) is 4.53. The number of rotatable bonds is 5. The molecule has 1 aromatic heterocycles. The number of pyridine rings is 1. The maximum absolute atomic E-state index is 11.6. The summed E-state index contributed by atoms with van der Waals surface area (Å²) >= 11 is 0. The van der Waals surface area contributed by atoms with Gasteiger partial charge in [-0.15, -0.1) is 10.2 Å². The summed E-state index contributed by atoms with van der Waals surface area (Å²) < 4.78 is 5.26. The van der Waals surface area contributed by atoms with Crippen molar-refractivity contribution in [3.05, 3.63) is 36.4 Å². The molecular weight excluding hydrogens is 282 g/mol. The standard InChI is InChI=1S/C15H17N5O2/c1-2-5-14(21)22-12-7-4-3-6-10(12)19-20-11-8-9-13(16)18-15(11)17/h3-4,6-9H,2,5H2,1H3,(H4,16,17,18)/b20-19+. The summed E-state index contributed by atoms with van der Waals surface area (Å²) in [4.78, 5) is 15.5. The van der Waals surface area contributed by atoms with E-state index >= 15 is 0 Å². The molecular formula is C15H17N5O2. The molecule has 7 nitrogen and oxygen atoms in total. The van der Waals surface area contributed by atoms with Gasteiger partial charge in [0.15, 0.2) is 11.6 Å². The predicted octanol–water partition coefficient (Wildman–Crippen LogP) is 3.37. The van der Waals surface area contributed by atoms with Crippen molar-refractivity contribution in [2.24, 2.45) is 10.2 Å². The number of carbonyl (C=O) groups is 1. The summed E-state index contributed by atoms with van der Waals surface area (Å²) in [6, 6.07) is 10.1. The van der Waals surface area contributed by atoms with Crippen LogP contribution in [-0.4, -0.2) is 11.0 Å². The zero-order valence-electron chi connectivity index (χ0n) is 12.2. The first-order valence-electron chi connectivity index (χ1n) is 6.83. The Balaban J connectivity index is 2.22. The normalized spacial score (nSPS) is 10.8. The van der Waals surface area contributed by atoms with Gasteiger partial charge in [0, 0.05) is 6.42 Å². The molecule has 0 radical (unpaired) electrons. The van der Waals surface area contributed by atoms with Crippen LogP contribution in [0, 0.1) is 0 Å². The lowest BCUT2D eigenvalue weighted by molar-refractivity contribution is -0.134. The molecule has 0 fully saturated rings. The predicted molar refractivity (Wildman–Crippen MR) is 84.2 cm³/mol. The number of carbonyl (C=O) groups excluding carboxylic acids is 1. The van der Waals surface area contributed by atoms with Gasteiger partial charge in [0.25, 0.3) is 0 Å². The third-order valence-corrected chi connectivity index (χ3v) is 2.73. The van der Waals surface area contributed by atoms with Gasteiger partial charge in [0.2, 0.25) is 0 Å². The molecule has 4 N–H and O–H groups in total. The summed E-state index contributed by atoms with van der Waals surface area (Å²) in [5.41, 5.74) is 12.1. The number of nitrogens with two attached hydrogens (primary N) is 2. The number of hydrogen-bond acceptors (Lipinski definition) is 7. The van der Waals surface area contributed by atoms with Gasteiger partial charge in [0.05, 0.1) is 0 Å². The molecule has 0 amide bonds. The summed E-state index contributed by atoms with van der Waals surface area (Å²) in [7, 11) is 0. The number of esters is 1. The molecule has 0 aliphatic heterocycles. The largest absolute Gasteiger partial charge is 0.424 e. The zero-order chi connectivity index (χ0) is 15.9. The molecule has 0 aliphatic rings. The van der Waals surface area contributed by atoms with Crippen molar-refractivity contribution in [1.29, 1.82) is 0 Å². The molecule has 2 aromatic rings. The number of anilines is 2. The van der Waals surface area contributed by atoms with Crippen LogP contribution >= 0.6 is 0 Å². The Morgan fingerprint density at radius 2 is 1.86 bits per heavy atom. The Morgan fingerprint density at radius 1 is 1.14 bits per heavy atom. The monoisotopic (exact) mass is 299 g/mol. The van der Waals surface area contributed by atoms with E-state index in [4.69, 9.17) is 16.2 Å². The number of hydrogen-bond donors (Lipinski definition) is 2. The molecule has 0 unspecified atom stereocenters. The number of nitrogens with zero attached hydrogens (tertiary/aromatic N) is 3. The molecule has 0 bridgehead atoms. The van der Waals surface area contributed by atoms with Crippen molar-refractivity contribution >= 4 is 29.0 Å². The Morgan fingerprint density at radius 3 is 2.59 bits per heavy atom. The molecule has 22 heavy (non-hydrogen) atoms. The summed E-state index contributed by atoms with van der Waals surface area (Å²) in [5, 5.41) is 8.09. The first-order valence-corrected chi connectivity index (χ1v) is 6.83. The molecule has 0 saturated carbocycles. The van der Waals surface area contributed by atoms with Crippen molar-refractivity contribution in [1.82, 2.24) is 4.98 Å². The van der Waals surface area contributed by atoms with Gasteiger partial charge in [-0.25, -0.2) is 4.98 Å². The number of para-hydroxylation sites is 1. The van der Waals surface area contributed by atoms with Crippen molar-refractivity contribution in [3.63, 3.8) is 0 Å². The summed E-state index contributed by atoms with van der Waals surface area (Å²) in [5.74, 6) is 0.542. The first kappa shape index (κ1) is 15.4. The number of azo groups is 1. The SMILES string of the molecule is CCCC(=O)Oc1ccccc1/N=N/c1ccc(N)nc1N. The quantitative estimate of drug-likeness (QED) is 0.499. The minimum absolute atomic E-state index is 0.184. The summed E-state index contributed by atoms with van der Waals surface area (Å²) in [6.45, 7) is 1.91. The van der Waals surface area contributed by atoms with Crippen LogP contribution in [0.4, 0.5) is 23.0 Å². The number of ether oxygens (including phenoxy) is 1. The average Bonchev–Trinajstić information content (AvgIpc) is 2.48. The van der Waals surface area contributed by atoms with Crippen LogP contribution < -0.4 is 16.2 Å². The van der Waals surface area contributed by atoms with Gasteiger partial charge in [-0.1, -0.05) is 19.1 Å². The van der Waals surface area contributed by atoms with Crippen molar-refractivity contribution < 1.29 is 9.53 Å². The lowest BCUT2D eigenvalue weighted by Gasteiger charge is -2.05. The van der Waals surface area contributed by atoms with E-state index in [1.54, 1.807) is 36.4 Å². The highest BCUT2D eigenvalue weighted by atomic mass is 16.5. The van der Waals surface area contributed by atoms with Gasteiger partial charge < -0.3 is 16.2 Å². The average molecular weight is 299 g/mol. The minimum atomic E-state index is -0.307. The Hall–Kier alpha value is -2.96. The fourth-order valence-corrected chi connectivity index (χ4v) is 1.68. The van der Waals surface area contributed by atoms with E-state index < -0.39 is 0 Å². The maximum Gasteiger partial charge on any atom is 0.311 e. The summed E-state index contributed by atoms with van der Waals surface area (Å²) in [6.07, 6.45) is 1.07. The topological polar surface area (TPSA) is 116 Å². The van der Waals surface area contributed by atoms with Gasteiger partial charge in [-0.05, 0) is 30.7 Å². The highest BCUT2D eigenvalue weighted by Crippen LogP contribution is 2.30. The smallest absolute Gasteiger partial charge is 0.311 e. The van der Waals surface area contributed by atoms with E-state index in [-0.39, 0.29) is 11.8 Å². The molecule has 2 rings (SSSR count). The van der Waals surface area contributed by atoms with E-state index in [2.05, 4.69) is 15.2 Å². The fourth-order valence-electron chi connectivity index (χ4n) is 1.68. The lowest BCUT2D eigenvalue weighted by atomic mass is 10.3. The maximum atomic E-state index is 11.6. The van der Waals surface area contributed by atoms with Crippen molar-refractivity contribution in [2.75, 3.05) is 11.5 Å². The van der Waals surface area contributed by atoms with Gasteiger partial charge in [-0.3, -0.25) is 4.79 Å². The highest BCUT2D eigenvalue weighted by Gasteiger charge is 2.08. The van der Waals surface area contributed by atoms with E-state index in [0.717, 1.165) is 6.42 Å². The van der Waals surface area contributed by atoms with Crippen LogP contribution in [-0.2, 0) is 4.79 Å². The van der Waals surface area contributed by atoms with Gasteiger partial charge in [0.1, 0.15) is 17.2 Å². The van der Waals surface area contributed by atoms with Gasteiger partial charge >= 0.3 is 5.97 Å². The molecule has 1 heterocycles. The number of aromatic nitrogens is 1. The van der Waals surface area contributed by atoms with E-state index in [1.165, 1.54) is 0 Å². The van der Waals surface area contributed by atoms with Crippen molar-refractivity contribution in [3.8, 4) is 5.75 Å². The Kier molecular flexibility index (Phi) is 5.02. The molecule has 0 spiro atoms. The fraction of sp³-hybridized carbons (Fsp3) is 0.200. The molecule has 0 aliphatic carbocycles. The molecule has 0 saturated heterocycles. The molecule has 7 heteroatoms. The van der Waals surface area contributed by atoms with Crippen LogP contribution in [0.25, 0.3) is 0 Å². The third kappa shape index (κ3) is 4.02. The van der Waals surface area contributed by atoms with E-state index in [0.29, 0.717) is 29.4 Å². The Bertz CT molecular complexity index is 700. The minimum Gasteiger partial charge on any atom is -0.424 e. The van der Waals surface area contributed by atoms with Crippen LogP contribution in [0.5, 0.6) is 5.75 Å². The van der Waals surface area contributed by atoms with Crippen LogP contribution in [0.2, 0.25) is 0 Å². The second kappa shape index (κ2) is 7.16. The Labute approximate surface area is 128 Å². The number of benzene rings is 1. The van der Waals surface area contributed by atoms with Crippen LogP contribution in [0.15, 0.2) is 46.6 Å². The zero-order valence-corrected chi connectivity index (χ0v) is 12.2. The number of nitrogen functional groups attached to an aromatic ring is 2.